The van der Waals surface area contributed by atoms with Gasteiger partial charge in [-0.05, 0) is 69.7 Å². The van der Waals surface area contributed by atoms with Gasteiger partial charge in [0.25, 0.3) is 0 Å². The van der Waals surface area contributed by atoms with Gasteiger partial charge in [0, 0.05) is 32.8 Å². The second-order valence-electron chi connectivity index (χ2n) is 7.80. The molecule has 1 aliphatic heterocycles. The average molecular weight is 517 g/mol. The van der Waals surface area contributed by atoms with Crippen molar-refractivity contribution >= 4 is 29.9 Å². The van der Waals surface area contributed by atoms with Crippen LogP contribution in [0, 0.1) is 5.92 Å². The first-order chi connectivity index (χ1) is 13.7. The molecule has 5 nitrogen and oxygen atoms in total. The van der Waals surface area contributed by atoms with Crippen LogP contribution in [0.25, 0.3) is 0 Å². The number of ether oxygens (including phenoxy) is 1. The van der Waals surface area contributed by atoms with Crippen LogP contribution in [0.1, 0.15) is 57.6 Å². The van der Waals surface area contributed by atoms with E-state index in [1.165, 1.54) is 37.1 Å². The van der Waals surface area contributed by atoms with E-state index in [0.717, 1.165) is 57.6 Å². The maximum Gasteiger partial charge on any atom is 0.191 e. The van der Waals surface area contributed by atoms with E-state index in [9.17, 15) is 0 Å². The summed E-state index contributed by atoms with van der Waals surface area (Å²) in [5, 5.41) is 6.77. The van der Waals surface area contributed by atoms with Gasteiger partial charge in [-0.3, -0.25) is 4.90 Å². The van der Waals surface area contributed by atoms with Gasteiger partial charge in [-0.1, -0.05) is 31.2 Å². The number of benzene rings is 1. The van der Waals surface area contributed by atoms with Crippen LogP contribution in [0.3, 0.4) is 0 Å². The Morgan fingerprint density at radius 1 is 1.14 bits per heavy atom. The summed E-state index contributed by atoms with van der Waals surface area (Å²) >= 11 is 0. The number of likely N-dealkylation sites (tertiary alicyclic amines) is 1. The molecule has 0 atom stereocenters. The monoisotopic (exact) mass is 516 g/mol. The minimum absolute atomic E-state index is 0. The SMILES string of the molecule is CCNC(=NCc1cccc(CN2CCC(C)CC2)c1)NCCCCOCC.I. The molecule has 1 aromatic rings. The molecule has 1 aromatic carbocycles. The number of unbranched alkanes of at least 4 members (excludes halogenated alkanes) is 1. The molecule has 1 heterocycles. The lowest BCUT2D eigenvalue weighted by Crippen LogP contribution is -2.37. The molecule has 0 aromatic heterocycles. The van der Waals surface area contributed by atoms with Crippen molar-refractivity contribution in [1.29, 1.82) is 0 Å². The number of rotatable bonds is 11. The Hall–Kier alpha value is -0.860. The van der Waals surface area contributed by atoms with Gasteiger partial charge in [0.2, 0.25) is 0 Å². The van der Waals surface area contributed by atoms with Crippen molar-refractivity contribution in [3.05, 3.63) is 35.4 Å². The topological polar surface area (TPSA) is 48.9 Å². The van der Waals surface area contributed by atoms with Gasteiger partial charge in [0.05, 0.1) is 6.54 Å². The maximum atomic E-state index is 5.39. The van der Waals surface area contributed by atoms with Crippen LogP contribution in [0.4, 0.5) is 0 Å². The molecule has 0 saturated carbocycles. The fraction of sp³-hybridized carbons (Fsp3) is 0.696. The molecule has 1 saturated heterocycles. The molecule has 6 heteroatoms. The summed E-state index contributed by atoms with van der Waals surface area (Å²) in [5.74, 6) is 1.78. The fourth-order valence-electron chi connectivity index (χ4n) is 3.50. The van der Waals surface area contributed by atoms with Crippen LogP contribution in [0.5, 0.6) is 0 Å². The Kier molecular flexibility index (Phi) is 14.4. The number of nitrogens with one attached hydrogen (secondary N) is 2. The first kappa shape index (κ1) is 26.2. The lowest BCUT2D eigenvalue weighted by atomic mass is 9.98. The Morgan fingerprint density at radius 3 is 2.62 bits per heavy atom. The largest absolute Gasteiger partial charge is 0.382 e. The van der Waals surface area contributed by atoms with Crippen molar-refractivity contribution in [3.63, 3.8) is 0 Å². The van der Waals surface area contributed by atoms with Gasteiger partial charge in [-0.2, -0.15) is 0 Å². The van der Waals surface area contributed by atoms with Crippen LogP contribution in [0.15, 0.2) is 29.3 Å². The standard InChI is InChI=1S/C23H40N4O.HI/c1-4-24-23(25-13-6-7-16-28-5-2)26-18-21-9-8-10-22(17-21)19-27-14-11-20(3)12-15-27;/h8-10,17,20H,4-7,11-16,18-19H2,1-3H3,(H2,24,25,26);1H. The lowest BCUT2D eigenvalue weighted by Gasteiger charge is -2.30. The van der Waals surface area contributed by atoms with Gasteiger partial charge < -0.3 is 15.4 Å². The quantitative estimate of drug-likeness (QED) is 0.198. The zero-order valence-electron chi connectivity index (χ0n) is 18.6. The Morgan fingerprint density at radius 2 is 1.90 bits per heavy atom. The van der Waals surface area contributed by atoms with E-state index in [1.807, 2.05) is 6.92 Å². The van der Waals surface area contributed by atoms with Crippen molar-refractivity contribution < 1.29 is 4.74 Å². The first-order valence-corrected chi connectivity index (χ1v) is 11.1. The van der Waals surface area contributed by atoms with Crippen LogP contribution >= 0.6 is 24.0 Å². The number of halogens is 1. The van der Waals surface area contributed by atoms with Gasteiger partial charge in [-0.25, -0.2) is 4.99 Å². The molecular weight excluding hydrogens is 475 g/mol. The number of piperidine rings is 1. The molecule has 0 radical (unpaired) electrons. The third-order valence-corrected chi connectivity index (χ3v) is 5.25. The molecule has 166 valence electrons. The zero-order valence-corrected chi connectivity index (χ0v) is 20.9. The highest BCUT2D eigenvalue weighted by molar-refractivity contribution is 14.0. The van der Waals surface area contributed by atoms with E-state index >= 15 is 0 Å². The number of nitrogens with zero attached hydrogens (tertiary/aromatic N) is 2. The van der Waals surface area contributed by atoms with E-state index < -0.39 is 0 Å². The van der Waals surface area contributed by atoms with Crippen LogP contribution in [-0.2, 0) is 17.8 Å². The third-order valence-electron chi connectivity index (χ3n) is 5.25. The molecule has 1 fully saturated rings. The second kappa shape index (κ2) is 15.9. The van der Waals surface area contributed by atoms with Crippen LogP contribution in [-0.4, -0.2) is 50.3 Å². The van der Waals surface area contributed by atoms with E-state index in [4.69, 9.17) is 9.73 Å². The molecule has 1 aliphatic rings. The maximum absolute atomic E-state index is 5.39. The van der Waals surface area contributed by atoms with Crippen LogP contribution < -0.4 is 10.6 Å². The summed E-state index contributed by atoms with van der Waals surface area (Å²) in [6, 6.07) is 8.90. The second-order valence-corrected chi connectivity index (χ2v) is 7.80. The smallest absolute Gasteiger partial charge is 0.191 e. The number of hydrogen-bond acceptors (Lipinski definition) is 3. The van der Waals surface area contributed by atoms with E-state index in [1.54, 1.807) is 0 Å². The minimum atomic E-state index is 0. The highest BCUT2D eigenvalue weighted by Gasteiger charge is 2.15. The Balaban J connectivity index is 0.00000420. The Labute approximate surface area is 195 Å². The van der Waals surface area contributed by atoms with Gasteiger partial charge in [0.1, 0.15) is 0 Å². The predicted octanol–water partition coefficient (Wildman–Crippen LogP) is 4.41. The zero-order chi connectivity index (χ0) is 20.0. The molecule has 2 rings (SSSR count). The molecule has 29 heavy (non-hydrogen) atoms. The summed E-state index contributed by atoms with van der Waals surface area (Å²) in [4.78, 5) is 7.34. The highest BCUT2D eigenvalue weighted by Crippen LogP contribution is 2.18. The molecule has 0 aliphatic carbocycles. The third kappa shape index (κ3) is 11.2. The molecule has 0 bridgehead atoms. The normalized spacial score (nSPS) is 15.8. The summed E-state index contributed by atoms with van der Waals surface area (Å²) in [6.07, 6.45) is 4.82. The van der Waals surface area contributed by atoms with Crippen LogP contribution in [0.2, 0.25) is 0 Å². The van der Waals surface area contributed by atoms with Crippen molar-refractivity contribution in [2.24, 2.45) is 10.9 Å². The summed E-state index contributed by atoms with van der Waals surface area (Å²) in [7, 11) is 0. The van der Waals surface area contributed by atoms with Crippen molar-refractivity contribution in [1.82, 2.24) is 15.5 Å². The first-order valence-electron chi connectivity index (χ1n) is 11.1. The van der Waals surface area contributed by atoms with E-state index in [0.29, 0.717) is 6.54 Å². The predicted molar refractivity (Wildman–Crippen MR) is 134 cm³/mol. The molecule has 0 spiro atoms. The molecule has 2 N–H and O–H groups in total. The fourth-order valence-corrected chi connectivity index (χ4v) is 3.50. The summed E-state index contributed by atoms with van der Waals surface area (Å²) in [6.45, 7) is 14.2. The average Bonchev–Trinajstić information content (AvgIpc) is 2.71. The number of hydrogen-bond donors (Lipinski definition) is 2. The Bertz CT molecular complexity index is 574. The van der Waals surface area contributed by atoms with Crippen molar-refractivity contribution in [2.75, 3.05) is 39.4 Å². The number of guanidine groups is 1. The number of aliphatic imine (C=N–C) groups is 1. The van der Waals surface area contributed by atoms with Gasteiger partial charge >= 0.3 is 0 Å². The van der Waals surface area contributed by atoms with Gasteiger partial charge in [-0.15, -0.1) is 24.0 Å². The van der Waals surface area contributed by atoms with Crippen molar-refractivity contribution in [3.8, 4) is 0 Å². The van der Waals surface area contributed by atoms with E-state index in [-0.39, 0.29) is 24.0 Å². The highest BCUT2D eigenvalue weighted by atomic mass is 127. The van der Waals surface area contributed by atoms with Crippen molar-refractivity contribution in [2.45, 2.75) is 59.5 Å². The summed E-state index contributed by atoms with van der Waals surface area (Å²) < 4.78 is 5.39. The lowest BCUT2D eigenvalue weighted by molar-refractivity contribution is 0.143. The van der Waals surface area contributed by atoms with Gasteiger partial charge in [0.15, 0.2) is 5.96 Å². The minimum Gasteiger partial charge on any atom is -0.382 e. The molecular formula is C23H41IN4O. The molecule has 0 amide bonds. The van der Waals surface area contributed by atoms with E-state index in [2.05, 4.69) is 53.6 Å². The summed E-state index contributed by atoms with van der Waals surface area (Å²) in [5.41, 5.74) is 2.67. The molecule has 0 unspecified atom stereocenters.